The molecule has 0 aromatic rings. The largest absolute Gasteiger partial charge is 0.468 e. The van der Waals surface area contributed by atoms with Gasteiger partial charge >= 0.3 is 5.97 Å². The summed E-state index contributed by atoms with van der Waals surface area (Å²) in [4.78, 5) is 26.7. The van der Waals surface area contributed by atoms with E-state index in [2.05, 4.69) is 62.3 Å². The van der Waals surface area contributed by atoms with Crippen LogP contribution < -0.4 is 0 Å². The fraction of sp³-hybridized carbons (Fsp3) is 0.926. The van der Waals surface area contributed by atoms with Crippen molar-refractivity contribution in [2.24, 2.45) is 33.5 Å². The highest BCUT2D eigenvalue weighted by atomic mass is 16.5. The number of carbonyl (C=O) groups excluding carboxylic acids is 2. The number of amides is 1. The van der Waals surface area contributed by atoms with E-state index in [0.717, 1.165) is 25.2 Å². The first-order valence-corrected chi connectivity index (χ1v) is 12.4. The van der Waals surface area contributed by atoms with E-state index in [-0.39, 0.29) is 23.8 Å². The molecule has 0 bridgehead atoms. The van der Waals surface area contributed by atoms with Crippen molar-refractivity contribution in [3.63, 3.8) is 0 Å². The molecule has 4 heteroatoms. The SMILES string of the molecule is CCCC(C)(CC(C)(C)C1CC1C(C)(CCC)CC(C)(C)C)C(=O)N(C)CC(=O)OC. The summed E-state index contributed by atoms with van der Waals surface area (Å²) in [5.74, 6) is 1.08. The van der Waals surface area contributed by atoms with Crippen LogP contribution in [-0.2, 0) is 14.3 Å². The zero-order chi connectivity index (χ0) is 24.3. The van der Waals surface area contributed by atoms with Gasteiger partial charge in [0.05, 0.1) is 7.11 Å². The molecular weight excluding hydrogens is 386 g/mol. The number of rotatable bonds is 12. The summed E-state index contributed by atoms with van der Waals surface area (Å²) in [5, 5.41) is 0. The van der Waals surface area contributed by atoms with Crippen LogP contribution in [0.2, 0.25) is 0 Å². The molecule has 0 saturated heterocycles. The van der Waals surface area contributed by atoms with E-state index in [9.17, 15) is 9.59 Å². The summed E-state index contributed by atoms with van der Waals surface area (Å²) in [6.07, 6.45) is 7.67. The van der Waals surface area contributed by atoms with Gasteiger partial charge in [-0.2, -0.15) is 0 Å². The van der Waals surface area contributed by atoms with Gasteiger partial charge in [-0.05, 0) is 60.2 Å². The first-order valence-electron chi connectivity index (χ1n) is 12.4. The maximum Gasteiger partial charge on any atom is 0.325 e. The van der Waals surface area contributed by atoms with Gasteiger partial charge in [0, 0.05) is 12.5 Å². The first kappa shape index (κ1) is 28.0. The van der Waals surface area contributed by atoms with Crippen molar-refractivity contribution in [1.82, 2.24) is 4.90 Å². The predicted molar refractivity (Wildman–Crippen MR) is 130 cm³/mol. The predicted octanol–water partition coefficient (Wildman–Crippen LogP) is 6.72. The molecule has 1 saturated carbocycles. The van der Waals surface area contributed by atoms with Crippen LogP contribution in [-0.4, -0.2) is 37.5 Å². The number of hydrogen-bond donors (Lipinski definition) is 0. The number of methoxy groups -OCH3 is 1. The Morgan fingerprint density at radius 1 is 0.903 bits per heavy atom. The third-order valence-corrected chi connectivity index (χ3v) is 7.55. The first-order chi connectivity index (χ1) is 14.0. The molecule has 0 radical (unpaired) electrons. The van der Waals surface area contributed by atoms with Crippen molar-refractivity contribution < 1.29 is 14.3 Å². The second-order valence-corrected chi connectivity index (χ2v) is 12.8. The summed E-state index contributed by atoms with van der Waals surface area (Å²) >= 11 is 0. The lowest BCUT2D eigenvalue weighted by molar-refractivity contribution is -0.151. The molecule has 1 rings (SSSR count). The Labute approximate surface area is 192 Å². The average Bonchev–Trinajstić information content (AvgIpc) is 3.41. The summed E-state index contributed by atoms with van der Waals surface area (Å²) in [7, 11) is 3.09. The second-order valence-electron chi connectivity index (χ2n) is 12.8. The summed E-state index contributed by atoms with van der Waals surface area (Å²) in [6, 6.07) is 0. The third kappa shape index (κ3) is 7.49. The van der Waals surface area contributed by atoms with Gasteiger partial charge in [-0.15, -0.1) is 0 Å². The van der Waals surface area contributed by atoms with Gasteiger partial charge < -0.3 is 9.64 Å². The number of ether oxygens (including phenoxy) is 1. The summed E-state index contributed by atoms with van der Waals surface area (Å²) < 4.78 is 4.77. The van der Waals surface area contributed by atoms with Crippen LogP contribution in [0.25, 0.3) is 0 Å². The molecule has 1 amide bonds. The van der Waals surface area contributed by atoms with Crippen LogP contribution in [0.3, 0.4) is 0 Å². The quantitative estimate of drug-likeness (QED) is 0.318. The molecule has 0 aromatic carbocycles. The number of nitrogens with zero attached hydrogens (tertiary/aromatic N) is 1. The lowest BCUT2D eigenvalue weighted by Crippen LogP contribution is -2.45. The van der Waals surface area contributed by atoms with Gasteiger partial charge in [0.25, 0.3) is 0 Å². The van der Waals surface area contributed by atoms with Crippen molar-refractivity contribution in [2.45, 2.75) is 107 Å². The highest BCUT2D eigenvalue weighted by Crippen LogP contribution is 2.64. The lowest BCUT2D eigenvalue weighted by Gasteiger charge is -2.41. The minimum absolute atomic E-state index is 0.0152. The molecule has 0 N–H and O–H groups in total. The van der Waals surface area contributed by atoms with Crippen molar-refractivity contribution in [3.8, 4) is 0 Å². The Hall–Kier alpha value is -1.06. The molecule has 1 aliphatic rings. The highest BCUT2D eigenvalue weighted by molar-refractivity contribution is 5.86. The average molecular weight is 438 g/mol. The van der Waals surface area contributed by atoms with Crippen molar-refractivity contribution in [2.75, 3.05) is 20.7 Å². The van der Waals surface area contributed by atoms with Gasteiger partial charge in [-0.1, -0.05) is 75.2 Å². The Kier molecular flexibility index (Phi) is 9.25. The zero-order valence-corrected chi connectivity index (χ0v) is 22.5. The van der Waals surface area contributed by atoms with E-state index >= 15 is 0 Å². The normalized spacial score (nSPS) is 22.9. The van der Waals surface area contributed by atoms with E-state index in [1.54, 1.807) is 11.9 Å². The van der Waals surface area contributed by atoms with E-state index in [1.807, 2.05) is 0 Å². The molecule has 0 aliphatic heterocycles. The minimum atomic E-state index is -0.459. The minimum Gasteiger partial charge on any atom is -0.468 e. The maximum atomic E-state index is 13.4. The van der Waals surface area contributed by atoms with Gasteiger partial charge in [-0.25, -0.2) is 0 Å². The molecule has 1 fully saturated rings. The number of hydrogen-bond acceptors (Lipinski definition) is 3. The molecule has 0 heterocycles. The third-order valence-electron chi connectivity index (χ3n) is 7.55. The second kappa shape index (κ2) is 10.3. The number of carbonyl (C=O) groups is 2. The molecule has 1 aliphatic carbocycles. The lowest BCUT2D eigenvalue weighted by atomic mass is 9.64. The fourth-order valence-electron chi connectivity index (χ4n) is 6.77. The Bertz CT molecular complexity index is 620. The Morgan fingerprint density at radius 3 is 1.90 bits per heavy atom. The standard InChI is InChI=1S/C27H51NO3/c1-12-14-26(8,18-24(3,4)5)21-16-20(21)25(6,7)19-27(9,15-13-2)23(30)28(10)17-22(29)31-11/h20-21H,12-19H2,1-11H3. The van der Waals surface area contributed by atoms with Crippen LogP contribution >= 0.6 is 0 Å². The number of likely N-dealkylation sites (N-methyl/N-ethyl adjacent to an activating group) is 1. The smallest absolute Gasteiger partial charge is 0.325 e. The van der Waals surface area contributed by atoms with E-state index in [1.165, 1.54) is 32.8 Å². The van der Waals surface area contributed by atoms with Gasteiger partial charge in [0.15, 0.2) is 0 Å². The molecular formula is C27H51NO3. The van der Waals surface area contributed by atoms with Crippen molar-refractivity contribution in [3.05, 3.63) is 0 Å². The molecule has 4 atom stereocenters. The topological polar surface area (TPSA) is 46.6 Å². The highest BCUT2D eigenvalue weighted by Gasteiger charge is 2.57. The fourth-order valence-corrected chi connectivity index (χ4v) is 6.77. The van der Waals surface area contributed by atoms with Crippen molar-refractivity contribution in [1.29, 1.82) is 0 Å². The van der Waals surface area contributed by atoms with Crippen LogP contribution in [0.15, 0.2) is 0 Å². The van der Waals surface area contributed by atoms with Crippen LogP contribution in [0.1, 0.15) is 107 Å². The molecule has 4 unspecified atom stereocenters. The van der Waals surface area contributed by atoms with Crippen molar-refractivity contribution >= 4 is 11.9 Å². The summed E-state index contributed by atoms with van der Waals surface area (Å²) in [5.41, 5.74) is 0.314. The Morgan fingerprint density at radius 2 is 1.45 bits per heavy atom. The van der Waals surface area contributed by atoms with Gasteiger partial charge in [-0.3, -0.25) is 9.59 Å². The van der Waals surface area contributed by atoms with E-state index in [4.69, 9.17) is 4.74 Å². The summed E-state index contributed by atoms with van der Waals surface area (Å²) in [6.45, 7) is 20.9. The van der Waals surface area contributed by atoms with E-state index in [0.29, 0.717) is 16.7 Å². The number of esters is 1. The molecule has 31 heavy (non-hydrogen) atoms. The molecule has 0 spiro atoms. The Balaban J connectivity index is 3.03. The molecule has 4 nitrogen and oxygen atoms in total. The van der Waals surface area contributed by atoms with Crippen LogP contribution in [0.5, 0.6) is 0 Å². The van der Waals surface area contributed by atoms with Crippen LogP contribution in [0, 0.1) is 33.5 Å². The van der Waals surface area contributed by atoms with Crippen LogP contribution in [0.4, 0.5) is 0 Å². The van der Waals surface area contributed by atoms with E-state index < -0.39 is 5.41 Å². The van der Waals surface area contributed by atoms with Gasteiger partial charge in [0.1, 0.15) is 6.54 Å². The maximum absolute atomic E-state index is 13.4. The monoisotopic (exact) mass is 437 g/mol. The molecule has 0 aromatic heterocycles. The zero-order valence-electron chi connectivity index (χ0n) is 22.5. The molecule has 182 valence electrons. The van der Waals surface area contributed by atoms with Gasteiger partial charge in [0.2, 0.25) is 5.91 Å².